The first kappa shape index (κ1) is 10.1. The highest BCUT2D eigenvalue weighted by Crippen LogP contribution is 2.18. The Bertz CT molecular complexity index is 299. The molecular formula is C9H9BrO3. The van der Waals surface area contributed by atoms with E-state index in [-0.39, 0.29) is 0 Å². The molecule has 1 rings (SSSR count). The normalized spacial score (nSPS) is 9.38. The molecule has 0 bridgehead atoms. The van der Waals surface area contributed by atoms with Gasteiger partial charge in [-0.15, -0.1) is 0 Å². The van der Waals surface area contributed by atoms with Crippen molar-refractivity contribution in [2.24, 2.45) is 0 Å². The van der Waals surface area contributed by atoms with Gasteiger partial charge in [0.25, 0.3) is 0 Å². The molecule has 4 heteroatoms. The maximum Gasteiger partial charge on any atom is 0.341 e. The highest BCUT2D eigenvalue weighted by molar-refractivity contribution is 9.09. The van der Waals surface area contributed by atoms with Crippen molar-refractivity contribution in [3.05, 3.63) is 29.8 Å². The van der Waals surface area contributed by atoms with Gasteiger partial charge in [-0.25, -0.2) is 4.79 Å². The Morgan fingerprint density at radius 2 is 2.15 bits per heavy atom. The lowest BCUT2D eigenvalue weighted by Crippen LogP contribution is -2.04. The smallest absolute Gasteiger partial charge is 0.341 e. The predicted molar refractivity (Wildman–Crippen MR) is 52.2 cm³/mol. The second-order valence-corrected chi connectivity index (χ2v) is 2.70. The number of rotatable bonds is 3. The Morgan fingerprint density at radius 3 is 2.77 bits per heavy atom. The monoisotopic (exact) mass is 244 g/mol. The van der Waals surface area contributed by atoms with Gasteiger partial charge in [0.15, 0.2) is 0 Å². The molecular weight excluding hydrogens is 236 g/mol. The third-order valence-electron chi connectivity index (χ3n) is 1.50. The molecule has 13 heavy (non-hydrogen) atoms. The van der Waals surface area contributed by atoms with E-state index >= 15 is 0 Å². The maximum atomic E-state index is 11.2. The molecule has 70 valence electrons. The van der Waals surface area contributed by atoms with Crippen LogP contribution in [0.3, 0.4) is 0 Å². The summed E-state index contributed by atoms with van der Waals surface area (Å²) in [5.74, 6) is 0.128. The molecule has 0 N–H and O–H groups in total. The third-order valence-corrected chi connectivity index (χ3v) is 1.73. The van der Waals surface area contributed by atoms with Crippen molar-refractivity contribution >= 4 is 21.9 Å². The highest BCUT2D eigenvalue weighted by atomic mass is 79.9. The summed E-state index contributed by atoms with van der Waals surface area (Å²) in [6.07, 6.45) is 0. The van der Waals surface area contributed by atoms with Gasteiger partial charge in [0.1, 0.15) is 16.8 Å². The van der Waals surface area contributed by atoms with Gasteiger partial charge < -0.3 is 9.47 Å². The van der Waals surface area contributed by atoms with E-state index < -0.39 is 5.97 Å². The number of esters is 1. The molecule has 0 aliphatic carbocycles. The molecule has 0 fully saturated rings. The molecule has 0 amide bonds. The minimum atomic E-state index is -0.392. The van der Waals surface area contributed by atoms with Crippen LogP contribution >= 0.6 is 15.9 Å². The molecule has 0 unspecified atom stereocenters. The minimum absolute atomic E-state index is 0.348. The molecule has 0 saturated carbocycles. The van der Waals surface area contributed by atoms with E-state index in [1.807, 2.05) is 0 Å². The minimum Gasteiger partial charge on any atom is -0.482 e. The standard InChI is InChI=1S/C9H9BrO3/c1-12-9(11)7-4-2-3-5-8(7)13-6-10/h2-5H,6H2,1H3. The van der Waals surface area contributed by atoms with Crippen molar-refractivity contribution in [1.82, 2.24) is 0 Å². The van der Waals surface area contributed by atoms with Crippen LogP contribution in [0.5, 0.6) is 5.75 Å². The van der Waals surface area contributed by atoms with Crippen molar-refractivity contribution in [1.29, 1.82) is 0 Å². The topological polar surface area (TPSA) is 35.5 Å². The van der Waals surface area contributed by atoms with Gasteiger partial charge in [-0.1, -0.05) is 12.1 Å². The van der Waals surface area contributed by atoms with E-state index in [2.05, 4.69) is 20.7 Å². The number of ether oxygens (including phenoxy) is 2. The molecule has 0 aliphatic rings. The fraction of sp³-hybridized carbons (Fsp3) is 0.222. The van der Waals surface area contributed by atoms with E-state index in [9.17, 15) is 4.79 Å². The Balaban J connectivity index is 2.97. The lowest BCUT2D eigenvalue weighted by molar-refractivity contribution is 0.0597. The molecule has 0 atom stereocenters. The van der Waals surface area contributed by atoms with Gasteiger partial charge in [0.05, 0.1) is 7.11 Å². The van der Waals surface area contributed by atoms with Crippen LogP contribution in [0, 0.1) is 0 Å². The largest absolute Gasteiger partial charge is 0.482 e. The first-order valence-electron chi connectivity index (χ1n) is 3.65. The summed E-state index contributed by atoms with van der Waals surface area (Å²) < 4.78 is 9.76. The molecule has 0 radical (unpaired) electrons. The van der Waals surface area contributed by atoms with Gasteiger partial charge in [0, 0.05) is 0 Å². The number of alkyl halides is 1. The Labute approximate surface area is 84.8 Å². The van der Waals surface area contributed by atoms with Gasteiger partial charge in [-0.3, -0.25) is 0 Å². The summed E-state index contributed by atoms with van der Waals surface area (Å²) in [4.78, 5) is 11.2. The number of para-hydroxylation sites is 1. The number of hydrogen-bond donors (Lipinski definition) is 0. The molecule has 1 aromatic rings. The average Bonchev–Trinajstić information content (AvgIpc) is 2.18. The van der Waals surface area contributed by atoms with E-state index in [1.54, 1.807) is 24.3 Å². The Kier molecular flexibility index (Phi) is 3.76. The quantitative estimate of drug-likeness (QED) is 0.605. The van der Waals surface area contributed by atoms with E-state index in [0.717, 1.165) is 0 Å². The van der Waals surface area contributed by atoms with Crippen LogP contribution in [0.25, 0.3) is 0 Å². The van der Waals surface area contributed by atoms with Crippen molar-refractivity contribution in [3.63, 3.8) is 0 Å². The van der Waals surface area contributed by atoms with Crippen LogP contribution < -0.4 is 4.74 Å². The summed E-state index contributed by atoms with van der Waals surface area (Å²) in [7, 11) is 1.34. The Morgan fingerprint density at radius 1 is 1.46 bits per heavy atom. The molecule has 0 heterocycles. The second kappa shape index (κ2) is 4.87. The second-order valence-electron chi connectivity index (χ2n) is 2.24. The number of hydrogen-bond acceptors (Lipinski definition) is 3. The zero-order chi connectivity index (χ0) is 9.68. The van der Waals surface area contributed by atoms with Gasteiger partial charge in [-0.2, -0.15) is 0 Å². The first-order chi connectivity index (χ1) is 6.29. The summed E-state index contributed by atoms with van der Waals surface area (Å²) >= 11 is 3.12. The van der Waals surface area contributed by atoms with Crippen LogP contribution in [-0.4, -0.2) is 18.6 Å². The van der Waals surface area contributed by atoms with E-state index in [0.29, 0.717) is 16.8 Å². The number of benzene rings is 1. The van der Waals surface area contributed by atoms with Gasteiger partial charge >= 0.3 is 5.97 Å². The zero-order valence-electron chi connectivity index (χ0n) is 7.12. The fourth-order valence-electron chi connectivity index (χ4n) is 0.930. The molecule has 0 saturated heterocycles. The van der Waals surface area contributed by atoms with Crippen molar-refractivity contribution in [2.45, 2.75) is 0 Å². The number of carbonyl (C=O) groups is 1. The molecule has 0 aromatic heterocycles. The number of methoxy groups -OCH3 is 1. The van der Waals surface area contributed by atoms with E-state index in [4.69, 9.17) is 4.74 Å². The first-order valence-corrected chi connectivity index (χ1v) is 4.78. The molecule has 1 aromatic carbocycles. The van der Waals surface area contributed by atoms with Crippen molar-refractivity contribution in [2.75, 3.05) is 12.6 Å². The van der Waals surface area contributed by atoms with Gasteiger partial charge in [0.2, 0.25) is 0 Å². The summed E-state index contributed by atoms with van der Waals surface area (Å²) in [5, 5.41) is 0. The molecule has 0 aliphatic heterocycles. The van der Waals surface area contributed by atoms with Crippen molar-refractivity contribution < 1.29 is 14.3 Å². The average molecular weight is 245 g/mol. The summed E-state index contributed by atoms with van der Waals surface area (Å²) in [6, 6.07) is 6.93. The summed E-state index contributed by atoms with van der Waals surface area (Å²) in [5.41, 5.74) is 0.783. The molecule has 0 spiro atoms. The van der Waals surface area contributed by atoms with Crippen molar-refractivity contribution in [3.8, 4) is 5.75 Å². The fourth-order valence-corrected chi connectivity index (χ4v) is 1.18. The number of carbonyl (C=O) groups excluding carboxylic acids is 1. The van der Waals surface area contributed by atoms with E-state index in [1.165, 1.54) is 7.11 Å². The van der Waals surface area contributed by atoms with Gasteiger partial charge in [-0.05, 0) is 28.1 Å². The Hall–Kier alpha value is -1.03. The third kappa shape index (κ3) is 2.45. The van der Waals surface area contributed by atoms with Crippen LogP contribution in [0.2, 0.25) is 0 Å². The lowest BCUT2D eigenvalue weighted by atomic mass is 10.2. The highest BCUT2D eigenvalue weighted by Gasteiger charge is 2.10. The predicted octanol–water partition coefficient (Wildman–Crippen LogP) is 2.20. The molecule has 3 nitrogen and oxygen atoms in total. The van der Waals surface area contributed by atoms with Crippen LogP contribution in [0.4, 0.5) is 0 Å². The maximum absolute atomic E-state index is 11.2. The van der Waals surface area contributed by atoms with Crippen LogP contribution in [0.15, 0.2) is 24.3 Å². The lowest BCUT2D eigenvalue weighted by Gasteiger charge is -2.06. The van der Waals surface area contributed by atoms with Crippen LogP contribution in [0.1, 0.15) is 10.4 Å². The van der Waals surface area contributed by atoms with Crippen LogP contribution in [-0.2, 0) is 4.74 Å². The SMILES string of the molecule is COC(=O)c1ccccc1OCBr. The zero-order valence-corrected chi connectivity index (χ0v) is 8.71. The summed E-state index contributed by atoms with van der Waals surface area (Å²) in [6.45, 7) is 0. The number of halogens is 1.